The standard InChI is InChI=1S/C18H27FN2O2/c19-17-7-3-4-8-18(17)23-14-16(22)13-20-9-11-21(12-10-20)15-5-1-2-6-15/h3-4,7-8,15-16,22H,1-2,5-6,9-14H2. The van der Waals surface area contributed by atoms with Gasteiger partial charge in [-0.15, -0.1) is 0 Å². The fourth-order valence-corrected chi connectivity index (χ4v) is 3.68. The van der Waals surface area contributed by atoms with Gasteiger partial charge in [-0.3, -0.25) is 9.80 Å². The first-order chi connectivity index (χ1) is 11.2. The fraction of sp³-hybridized carbons (Fsp3) is 0.667. The number of hydrogen-bond donors (Lipinski definition) is 1. The van der Waals surface area contributed by atoms with Gasteiger partial charge in [-0.25, -0.2) is 4.39 Å². The van der Waals surface area contributed by atoms with E-state index < -0.39 is 6.10 Å². The van der Waals surface area contributed by atoms with E-state index in [4.69, 9.17) is 4.74 Å². The summed E-state index contributed by atoms with van der Waals surface area (Å²) in [5, 5.41) is 10.1. The van der Waals surface area contributed by atoms with E-state index in [0.717, 1.165) is 32.2 Å². The summed E-state index contributed by atoms with van der Waals surface area (Å²) < 4.78 is 18.8. The number of nitrogens with zero attached hydrogens (tertiary/aromatic N) is 2. The zero-order chi connectivity index (χ0) is 16.1. The predicted molar refractivity (Wildman–Crippen MR) is 88.2 cm³/mol. The maximum Gasteiger partial charge on any atom is 0.165 e. The van der Waals surface area contributed by atoms with Gasteiger partial charge in [0.1, 0.15) is 12.7 Å². The summed E-state index contributed by atoms with van der Waals surface area (Å²) in [6, 6.07) is 7.09. The zero-order valence-electron chi connectivity index (χ0n) is 13.7. The first-order valence-electron chi connectivity index (χ1n) is 8.74. The lowest BCUT2D eigenvalue weighted by molar-refractivity contribution is 0.0363. The van der Waals surface area contributed by atoms with E-state index in [1.807, 2.05) is 0 Å². The van der Waals surface area contributed by atoms with Crippen molar-refractivity contribution in [3.63, 3.8) is 0 Å². The van der Waals surface area contributed by atoms with Crippen LogP contribution in [0, 0.1) is 5.82 Å². The number of hydrogen-bond acceptors (Lipinski definition) is 4. The van der Waals surface area contributed by atoms with E-state index in [-0.39, 0.29) is 18.2 Å². The summed E-state index contributed by atoms with van der Waals surface area (Å²) in [5.41, 5.74) is 0. The van der Waals surface area contributed by atoms with E-state index in [1.54, 1.807) is 18.2 Å². The van der Waals surface area contributed by atoms with Gasteiger partial charge in [-0.1, -0.05) is 25.0 Å². The zero-order valence-corrected chi connectivity index (χ0v) is 13.7. The van der Waals surface area contributed by atoms with Crippen LogP contribution in [0.4, 0.5) is 4.39 Å². The van der Waals surface area contributed by atoms with Gasteiger partial charge in [0, 0.05) is 38.8 Å². The van der Waals surface area contributed by atoms with Crippen molar-refractivity contribution in [2.45, 2.75) is 37.8 Å². The summed E-state index contributed by atoms with van der Waals surface area (Å²) in [5.74, 6) is -0.178. The SMILES string of the molecule is OC(COc1ccccc1F)CN1CCN(C2CCCC2)CC1. The van der Waals surface area contributed by atoms with Gasteiger partial charge >= 0.3 is 0 Å². The van der Waals surface area contributed by atoms with Gasteiger partial charge in [-0.2, -0.15) is 0 Å². The van der Waals surface area contributed by atoms with Gasteiger partial charge in [0.15, 0.2) is 11.6 Å². The first-order valence-corrected chi connectivity index (χ1v) is 8.74. The number of halogens is 1. The quantitative estimate of drug-likeness (QED) is 0.870. The molecule has 1 aliphatic heterocycles. The Hall–Kier alpha value is -1.17. The van der Waals surface area contributed by atoms with Crippen LogP contribution in [-0.2, 0) is 0 Å². The van der Waals surface area contributed by atoms with Gasteiger partial charge in [-0.05, 0) is 25.0 Å². The minimum Gasteiger partial charge on any atom is -0.488 e. The lowest BCUT2D eigenvalue weighted by atomic mass is 10.1. The Labute approximate surface area is 137 Å². The Kier molecular flexibility index (Phi) is 5.86. The minimum absolute atomic E-state index is 0.129. The van der Waals surface area contributed by atoms with Gasteiger partial charge in [0.05, 0.1) is 0 Å². The molecule has 0 amide bonds. The summed E-state index contributed by atoms with van der Waals surface area (Å²) in [4.78, 5) is 4.88. The smallest absolute Gasteiger partial charge is 0.165 e. The van der Waals surface area contributed by atoms with Crippen LogP contribution in [0.3, 0.4) is 0 Å². The molecule has 1 heterocycles. The third kappa shape index (κ3) is 4.66. The second kappa shape index (κ2) is 8.08. The number of aliphatic hydroxyl groups excluding tert-OH is 1. The molecule has 1 unspecified atom stereocenters. The van der Waals surface area contributed by atoms with Crippen molar-refractivity contribution >= 4 is 0 Å². The highest BCUT2D eigenvalue weighted by atomic mass is 19.1. The molecule has 0 bridgehead atoms. The predicted octanol–water partition coefficient (Wildman–Crippen LogP) is 2.13. The molecule has 128 valence electrons. The second-order valence-corrected chi connectivity index (χ2v) is 6.67. The van der Waals surface area contributed by atoms with Crippen molar-refractivity contribution in [2.24, 2.45) is 0 Å². The van der Waals surface area contributed by atoms with Crippen LogP contribution in [0.15, 0.2) is 24.3 Å². The molecule has 1 atom stereocenters. The van der Waals surface area contributed by atoms with Crippen molar-refractivity contribution < 1.29 is 14.2 Å². The van der Waals surface area contributed by atoms with Crippen LogP contribution >= 0.6 is 0 Å². The fourth-order valence-electron chi connectivity index (χ4n) is 3.68. The average molecular weight is 322 g/mol. The van der Waals surface area contributed by atoms with E-state index in [0.29, 0.717) is 6.54 Å². The van der Waals surface area contributed by atoms with Crippen molar-refractivity contribution in [1.29, 1.82) is 0 Å². The van der Waals surface area contributed by atoms with Crippen molar-refractivity contribution in [1.82, 2.24) is 9.80 Å². The highest BCUT2D eigenvalue weighted by molar-refractivity contribution is 5.23. The molecular weight excluding hydrogens is 295 g/mol. The highest BCUT2D eigenvalue weighted by Gasteiger charge is 2.26. The number of piperazine rings is 1. The number of aliphatic hydroxyl groups is 1. The monoisotopic (exact) mass is 322 g/mol. The topological polar surface area (TPSA) is 35.9 Å². The highest BCUT2D eigenvalue weighted by Crippen LogP contribution is 2.24. The van der Waals surface area contributed by atoms with E-state index in [2.05, 4.69) is 9.80 Å². The Balaban J connectivity index is 1.37. The Morgan fingerprint density at radius 1 is 1.13 bits per heavy atom. The molecule has 1 aromatic carbocycles. The normalized spacial score (nSPS) is 22.3. The van der Waals surface area contributed by atoms with E-state index in [9.17, 15) is 9.50 Å². The van der Waals surface area contributed by atoms with Crippen LogP contribution in [0.5, 0.6) is 5.75 Å². The summed E-state index contributed by atoms with van der Waals surface area (Å²) in [6.07, 6.45) is 4.85. The van der Waals surface area contributed by atoms with Crippen molar-refractivity contribution in [2.75, 3.05) is 39.3 Å². The van der Waals surface area contributed by atoms with Crippen molar-refractivity contribution in [3.05, 3.63) is 30.1 Å². The Morgan fingerprint density at radius 3 is 2.52 bits per heavy atom. The molecule has 5 heteroatoms. The van der Waals surface area contributed by atoms with Gasteiger partial charge in [0.25, 0.3) is 0 Å². The molecule has 0 radical (unpaired) electrons. The molecule has 0 aromatic heterocycles. The summed E-state index contributed by atoms with van der Waals surface area (Å²) in [7, 11) is 0. The lowest BCUT2D eigenvalue weighted by Crippen LogP contribution is -2.51. The van der Waals surface area contributed by atoms with Gasteiger partial charge < -0.3 is 9.84 Å². The first kappa shape index (κ1) is 16.7. The molecule has 23 heavy (non-hydrogen) atoms. The number of β-amino-alcohol motifs (C(OH)–C–C–N with tert-alkyl or cyclic N) is 1. The van der Waals surface area contributed by atoms with Crippen molar-refractivity contribution in [3.8, 4) is 5.75 Å². The maximum absolute atomic E-state index is 13.5. The van der Waals surface area contributed by atoms with Crippen LogP contribution in [-0.4, -0.2) is 66.4 Å². The van der Waals surface area contributed by atoms with Crippen LogP contribution in [0.1, 0.15) is 25.7 Å². The molecule has 2 aliphatic rings. The molecule has 0 spiro atoms. The third-order valence-corrected chi connectivity index (χ3v) is 4.98. The van der Waals surface area contributed by atoms with Crippen LogP contribution in [0.25, 0.3) is 0 Å². The molecule has 1 saturated heterocycles. The molecule has 3 rings (SSSR count). The number of ether oxygens (including phenoxy) is 1. The minimum atomic E-state index is -0.590. The second-order valence-electron chi connectivity index (χ2n) is 6.67. The molecular formula is C18H27FN2O2. The molecule has 1 N–H and O–H groups in total. The number of para-hydroxylation sites is 1. The number of benzene rings is 1. The van der Waals surface area contributed by atoms with Gasteiger partial charge in [0.2, 0.25) is 0 Å². The van der Waals surface area contributed by atoms with E-state index >= 15 is 0 Å². The summed E-state index contributed by atoms with van der Waals surface area (Å²) >= 11 is 0. The maximum atomic E-state index is 13.5. The lowest BCUT2D eigenvalue weighted by Gasteiger charge is -2.38. The Morgan fingerprint density at radius 2 is 1.83 bits per heavy atom. The van der Waals surface area contributed by atoms with Crippen LogP contribution in [0.2, 0.25) is 0 Å². The molecule has 4 nitrogen and oxygen atoms in total. The molecule has 1 aromatic rings. The molecule has 1 aliphatic carbocycles. The number of rotatable bonds is 6. The largest absolute Gasteiger partial charge is 0.488 e. The third-order valence-electron chi connectivity index (χ3n) is 4.98. The average Bonchev–Trinajstić information content (AvgIpc) is 3.09. The van der Waals surface area contributed by atoms with Crippen LogP contribution < -0.4 is 4.74 Å². The Bertz CT molecular complexity index is 486. The molecule has 1 saturated carbocycles. The van der Waals surface area contributed by atoms with E-state index in [1.165, 1.54) is 31.7 Å². The summed E-state index contributed by atoms with van der Waals surface area (Å²) in [6.45, 7) is 4.88. The molecule has 2 fully saturated rings.